The number of halogens is 1. The first-order valence-corrected chi connectivity index (χ1v) is 7.45. The van der Waals surface area contributed by atoms with Crippen molar-refractivity contribution in [3.8, 4) is 17.6 Å². The predicted octanol–water partition coefficient (Wildman–Crippen LogP) is 3.18. The molecule has 0 aliphatic rings. The molecule has 0 radical (unpaired) electrons. The number of aliphatic hydroxyl groups is 1. The van der Waals surface area contributed by atoms with Crippen molar-refractivity contribution in [1.29, 1.82) is 0 Å². The monoisotopic (exact) mass is 312 g/mol. The van der Waals surface area contributed by atoms with Crippen LogP contribution < -0.4 is 4.74 Å². The van der Waals surface area contributed by atoms with Gasteiger partial charge in [0.05, 0.1) is 12.7 Å². The molecule has 3 atom stereocenters. The fourth-order valence-corrected chi connectivity index (χ4v) is 1.80. The lowest BCUT2D eigenvalue weighted by atomic mass is 10.0. The lowest BCUT2D eigenvalue weighted by Gasteiger charge is -2.13. The number of hydrogen-bond acceptors (Lipinski definition) is 3. The van der Waals surface area contributed by atoms with Crippen molar-refractivity contribution >= 4 is 9.47 Å². The Bertz CT molecular complexity index is 453. The van der Waals surface area contributed by atoms with Crippen molar-refractivity contribution in [2.45, 2.75) is 32.3 Å². The summed E-state index contributed by atoms with van der Waals surface area (Å²) >= 11 is 0. The van der Waals surface area contributed by atoms with E-state index in [9.17, 15) is 9.50 Å². The third kappa shape index (κ3) is 8.67. The van der Waals surface area contributed by atoms with Crippen LogP contribution in [0.15, 0.2) is 24.3 Å². The zero-order valence-corrected chi connectivity index (χ0v) is 13.4. The van der Waals surface area contributed by atoms with Crippen LogP contribution in [0.5, 0.6) is 5.75 Å². The third-order valence-electron chi connectivity index (χ3n) is 2.88. The Morgan fingerprint density at radius 1 is 1.29 bits per heavy atom. The van der Waals surface area contributed by atoms with Gasteiger partial charge in [0.15, 0.2) is 0 Å². The first-order valence-electron chi connectivity index (χ1n) is 6.98. The van der Waals surface area contributed by atoms with E-state index in [0.29, 0.717) is 25.2 Å². The lowest BCUT2D eigenvalue weighted by Crippen LogP contribution is -2.18. The average molecular weight is 312 g/mol. The van der Waals surface area contributed by atoms with Gasteiger partial charge in [-0.15, -0.1) is 11.8 Å². The lowest BCUT2D eigenvalue weighted by molar-refractivity contribution is 0.0961. The molecular weight excluding hydrogens is 290 g/mol. The van der Waals surface area contributed by atoms with Crippen molar-refractivity contribution in [2.24, 2.45) is 5.92 Å². The van der Waals surface area contributed by atoms with E-state index in [-0.39, 0.29) is 18.3 Å². The van der Waals surface area contributed by atoms with E-state index < -0.39 is 6.10 Å². The highest BCUT2D eigenvalue weighted by molar-refractivity contribution is 7.09. The van der Waals surface area contributed by atoms with Crippen molar-refractivity contribution in [2.75, 3.05) is 13.2 Å². The van der Waals surface area contributed by atoms with Crippen molar-refractivity contribution in [1.82, 2.24) is 0 Å². The number of aliphatic hydroxyl groups excluding tert-OH is 1. The van der Waals surface area contributed by atoms with Gasteiger partial charge in [-0.1, -0.05) is 6.92 Å². The molecule has 0 amide bonds. The summed E-state index contributed by atoms with van der Waals surface area (Å²) < 4.78 is 23.0. The summed E-state index contributed by atoms with van der Waals surface area (Å²) in [5.41, 5.74) is 0. The summed E-state index contributed by atoms with van der Waals surface area (Å²) in [7, 11) is 2.20. The molecule has 1 rings (SSSR count). The minimum Gasteiger partial charge on any atom is -0.491 e. The van der Waals surface area contributed by atoms with Gasteiger partial charge in [-0.3, -0.25) is 0 Å². The summed E-state index contributed by atoms with van der Waals surface area (Å²) in [5.74, 6) is 6.64. The van der Waals surface area contributed by atoms with E-state index >= 15 is 0 Å². The van der Waals surface area contributed by atoms with Crippen LogP contribution in [0.25, 0.3) is 0 Å². The SMILES string of the molecule is CC(C#CCCOP)CC[C@H](O)COc1ccc(F)cc1. The van der Waals surface area contributed by atoms with Crippen LogP contribution in [0.4, 0.5) is 4.39 Å². The first kappa shape index (κ1) is 17.9. The predicted molar refractivity (Wildman–Crippen MR) is 84.4 cm³/mol. The normalized spacial score (nSPS) is 13.1. The summed E-state index contributed by atoms with van der Waals surface area (Å²) in [4.78, 5) is 0. The van der Waals surface area contributed by atoms with Gasteiger partial charge in [0.2, 0.25) is 0 Å². The van der Waals surface area contributed by atoms with Gasteiger partial charge in [0, 0.05) is 21.8 Å². The molecule has 0 spiro atoms. The highest BCUT2D eigenvalue weighted by Gasteiger charge is 2.07. The Labute approximate surface area is 128 Å². The van der Waals surface area contributed by atoms with E-state index in [0.717, 1.165) is 6.42 Å². The minimum atomic E-state index is -0.547. The molecule has 116 valence electrons. The topological polar surface area (TPSA) is 38.7 Å². The molecule has 0 heterocycles. The number of ether oxygens (including phenoxy) is 1. The maximum atomic E-state index is 12.7. The van der Waals surface area contributed by atoms with Gasteiger partial charge in [-0.2, -0.15) is 0 Å². The fraction of sp³-hybridized carbons (Fsp3) is 0.500. The van der Waals surface area contributed by atoms with E-state index in [4.69, 9.17) is 9.26 Å². The van der Waals surface area contributed by atoms with Crippen LogP contribution in [0.2, 0.25) is 0 Å². The second-order valence-corrected chi connectivity index (χ2v) is 5.17. The molecule has 1 aromatic carbocycles. The van der Waals surface area contributed by atoms with Crippen LogP contribution in [0.1, 0.15) is 26.2 Å². The van der Waals surface area contributed by atoms with Crippen molar-refractivity contribution < 1.29 is 18.8 Å². The van der Waals surface area contributed by atoms with Gasteiger partial charge in [-0.05, 0) is 37.1 Å². The van der Waals surface area contributed by atoms with Gasteiger partial charge in [0.25, 0.3) is 0 Å². The Morgan fingerprint density at radius 2 is 2.00 bits per heavy atom. The third-order valence-corrected chi connectivity index (χ3v) is 3.12. The minimum absolute atomic E-state index is 0.201. The highest BCUT2D eigenvalue weighted by atomic mass is 31.0. The number of benzene rings is 1. The molecule has 0 bridgehead atoms. The smallest absolute Gasteiger partial charge is 0.123 e. The first-order chi connectivity index (χ1) is 10.1. The second kappa shape index (κ2) is 10.6. The Kier molecular flexibility index (Phi) is 9.01. The molecule has 0 saturated heterocycles. The van der Waals surface area contributed by atoms with E-state index in [1.807, 2.05) is 6.92 Å². The molecule has 0 fully saturated rings. The average Bonchev–Trinajstić information content (AvgIpc) is 2.49. The molecule has 1 N–H and O–H groups in total. The zero-order valence-electron chi connectivity index (χ0n) is 12.2. The number of rotatable bonds is 8. The van der Waals surface area contributed by atoms with Gasteiger partial charge < -0.3 is 14.4 Å². The van der Waals surface area contributed by atoms with Crippen LogP contribution >= 0.6 is 9.47 Å². The van der Waals surface area contributed by atoms with E-state index in [2.05, 4.69) is 21.3 Å². The molecule has 0 aliphatic carbocycles. The zero-order chi connectivity index (χ0) is 15.5. The van der Waals surface area contributed by atoms with E-state index in [1.54, 1.807) is 12.1 Å². The van der Waals surface area contributed by atoms with Crippen LogP contribution in [-0.2, 0) is 4.52 Å². The van der Waals surface area contributed by atoms with Gasteiger partial charge in [0.1, 0.15) is 18.2 Å². The molecule has 0 saturated carbocycles. The van der Waals surface area contributed by atoms with Crippen molar-refractivity contribution in [3.63, 3.8) is 0 Å². The molecule has 0 aliphatic heterocycles. The molecule has 21 heavy (non-hydrogen) atoms. The summed E-state index contributed by atoms with van der Waals surface area (Å²) in [6.45, 7) is 2.84. The molecule has 0 aromatic heterocycles. The van der Waals surface area contributed by atoms with Crippen LogP contribution in [0.3, 0.4) is 0 Å². The van der Waals surface area contributed by atoms with Gasteiger partial charge in [-0.25, -0.2) is 4.39 Å². The molecule has 1 aromatic rings. The van der Waals surface area contributed by atoms with E-state index in [1.165, 1.54) is 12.1 Å². The quantitative estimate of drug-likeness (QED) is 0.455. The molecule has 2 unspecified atom stereocenters. The van der Waals surface area contributed by atoms with Crippen molar-refractivity contribution in [3.05, 3.63) is 30.1 Å². The standard InChI is InChI=1S/C16H22FO3P/c1-13(4-2-3-11-20-21)5-8-15(18)12-19-16-9-6-14(17)7-10-16/h6-7,9-10,13,15,18H,3,5,8,11-12,21H2,1H3/t13?,15-/m0/s1. The van der Waals surface area contributed by atoms with Gasteiger partial charge >= 0.3 is 0 Å². The molecular formula is C16H22FO3P. The van der Waals surface area contributed by atoms with Crippen LogP contribution in [0, 0.1) is 23.6 Å². The maximum absolute atomic E-state index is 12.7. The molecule has 3 nitrogen and oxygen atoms in total. The maximum Gasteiger partial charge on any atom is 0.123 e. The summed E-state index contributed by atoms with van der Waals surface area (Å²) in [6.07, 6.45) is 1.60. The van der Waals surface area contributed by atoms with Crippen LogP contribution in [-0.4, -0.2) is 24.4 Å². The summed E-state index contributed by atoms with van der Waals surface area (Å²) in [5, 5.41) is 9.85. The second-order valence-electron chi connectivity index (χ2n) is 4.84. The number of hydrogen-bond donors (Lipinski definition) is 1. The Balaban J connectivity index is 2.19. The Morgan fingerprint density at radius 3 is 2.67 bits per heavy atom. The highest BCUT2D eigenvalue weighted by Crippen LogP contribution is 2.13. The fourth-order valence-electron chi connectivity index (χ4n) is 1.68. The molecule has 5 heteroatoms. The summed E-state index contributed by atoms with van der Waals surface area (Å²) in [6, 6.07) is 5.75. The Hall–Kier alpha value is -1.14. The largest absolute Gasteiger partial charge is 0.491 e.